The van der Waals surface area contributed by atoms with Crippen LogP contribution in [0.3, 0.4) is 0 Å². The number of hydrogen-bond donors (Lipinski definition) is 1. The van der Waals surface area contributed by atoms with Crippen LogP contribution in [0.5, 0.6) is 17.2 Å². The lowest BCUT2D eigenvalue weighted by molar-refractivity contribution is 0.350. The van der Waals surface area contributed by atoms with E-state index in [0.29, 0.717) is 12.3 Å². The van der Waals surface area contributed by atoms with Crippen molar-refractivity contribution < 1.29 is 14.6 Å². The van der Waals surface area contributed by atoms with E-state index < -0.39 is 0 Å². The molecule has 0 aliphatic heterocycles. The Morgan fingerprint density at radius 1 is 1.05 bits per heavy atom. The summed E-state index contributed by atoms with van der Waals surface area (Å²) < 4.78 is 10.4. The average molecular weight is 258 g/mol. The summed E-state index contributed by atoms with van der Waals surface area (Å²) in [6.45, 7) is 0.461. The highest BCUT2D eigenvalue weighted by Crippen LogP contribution is 2.30. The Labute approximate surface area is 112 Å². The molecular weight excluding hydrogens is 242 g/mol. The summed E-state index contributed by atoms with van der Waals surface area (Å²) in [4.78, 5) is 0. The van der Waals surface area contributed by atoms with Crippen molar-refractivity contribution in [1.29, 1.82) is 0 Å². The third-order valence-electron chi connectivity index (χ3n) is 2.85. The van der Waals surface area contributed by atoms with Crippen molar-refractivity contribution in [3.05, 3.63) is 48.0 Å². The Kier molecular flexibility index (Phi) is 4.13. The van der Waals surface area contributed by atoms with Crippen molar-refractivity contribution in [3.63, 3.8) is 0 Å². The van der Waals surface area contributed by atoms with Crippen LogP contribution in [-0.4, -0.2) is 14.2 Å². The van der Waals surface area contributed by atoms with E-state index >= 15 is 0 Å². The number of hydrogen-bond acceptors (Lipinski definition) is 3. The van der Waals surface area contributed by atoms with E-state index in [-0.39, 0.29) is 5.75 Å². The highest BCUT2D eigenvalue weighted by molar-refractivity contribution is 5.59. The van der Waals surface area contributed by atoms with Crippen LogP contribution < -0.4 is 14.8 Å². The second-order valence-electron chi connectivity index (χ2n) is 4.03. The van der Waals surface area contributed by atoms with Crippen LogP contribution in [-0.2, 0) is 11.7 Å². The molecule has 0 aliphatic carbocycles. The zero-order valence-corrected chi connectivity index (χ0v) is 11.0. The van der Waals surface area contributed by atoms with Gasteiger partial charge in [-0.05, 0) is 18.2 Å². The average Bonchev–Trinajstić information content (AvgIpc) is 2.46. The van der Waals surface area contributed by atoms with Crippen molar-refractivity contribution in [2.75, 3.05) is 19.5 Å². The third-order valence-corrected chi connectivity index (χ3v) is 2.85. The lowest BCUT2D eigenvalue weighted by Gasteiger charge is -2.12. The smallest absolute Gasteiger partial charge is 0.183 e. The number of anilines is 1. The van der Waals surface area contributed by atoms with Gasteiger partial charge in [-0.3, -0.25) is 5.11 Å². The monoisotopic (exact) mass is 258 g/mol. The molecule has 0 bridgehead atoms. The van der Waals surface area contributed by atoms with Gasteiger partial charge >= 0.3 is 0 Å². The van der Waals surface area contributed by atoms with Crippen LogP contribution in [0.2, 0.25) is 0 Å². The minimum atomic E-state index is 0.0301. The molecular formula is C15H16NO3. The minimum absolute atomic E-state index is 0.0301. The van der Waals surface area contributed by atoms with Crippen LogP contribution in [0.1, 0.15) is 5.56 Å². The first kappa shape index (κ1) is 13.1. The summed E-state index contributed by atoms with van der Waals surface area (Å²) in [5.74, 6) is 1.44. The molecule has 0 fully saturated rings. The highest BCUT2D eigenvalue weighted by atomic mass is 16.5. The second kappa shape index (κ2) is 6.00. The van der Waals surface area contributed by atoms with E-state index in [1.54, 1.807) is 32.4 Å². The van der Waals surface area contributed by atoms with Crippen molar-refractivity contribution in [3.8, 4) is 17.2 Å². The van der Waals surface area contributed by atoms with Gasteiger partial charge in [0.2, 0.25) is 0 Å². The van der Waals surface area contributed by atoms with E-state index in [1.807, 2.05) is 24.3 Å². The zero-order chi connectivity index (χ0) is 13.7. The Hall–Kier alpha value is -2.36. The summed E-state index contributed by atoms with van der Waals surface area (Å²) >= 11 is 0. The van der Waals surface area contributed by atoms with E-state index in [0.717, 1.165) is 17.0 Å². The first-order valence-corrected chi connectivity index (χ1v) is 5.95. The maximum atomic E-state index is 11.6. The van der Waals surface area contributed by atoms with Gasteiger partial charge in [-0.25, -0.2) is 0 Å². The molecule has 0 atom stereocenters. The van der Waals surface area contributed by atoms with Gasteiger partial charge in [0.15, 0.2) is 5.75 Å². The van der Waals surface area contributed by atoms with Crippen molar-refractivity contribution in [2.24, 2.45) is 0 Å². The SMILES string of the molecule is COc1ccc(NCc2ccccc2[O])c(OC)c1. The van der Waals surface area contributed by atoms with E-state index in [2.05, 4.69) is 5.32 Å². The molecule has 4 heteroatoms. The Balaban J connectivity index is 2.13. The lowest BCUT2D eigenvalue weighted by atomic mass is 10.2. The molecule has 0 saturated carbocycles. The second-order valence-corrected chi connectivity index (χ2v) is 4.03. The number of ether oxygens (including phenoxy) is 2. The fraction of sp³-hybridized carbons (Fsp3) is 0.200. The predicted octanol–water partition coefficient (Wildman–Crippen LogP) is 3.46. The van der Waals surface area contributed by atoms with Gasteiger partial charge in [0.1, 0.15) is 11.5 Å². The molecule has 2 rings (SSSR count). The molecule has 0 saturated heterocycles. The fourth-order valence-electron chi connectivity index (χ4n) is 1.78. The van der Waals surface area contributed by atoms with Crippen LogP contribution in [0.25, 0.3) is 0 Å². The highest BCUT2D eigenvalue weighted by Gasteiger charge is 2.06. The number of methoxy groups -OCH3 is 2. The number of benzene rings is 2. The molecule has 0 aromatic heterocycles. The van der Waals surface area contributed by atoms with Gasteiger partial charge in [0.05, 0.1) is 19.9 Å². The summed E-state index contributed by atoms with van der Waals surface area (Å²) in [6, 6.07) is 12.5. The van der Waals surface area contributed by atoms with Crippen molar-refractivity contribution in [2.45, 2.75) is 6.54 Å². The number of para-hydroxylation sites is 1. The van der Waals surface area contributed by atoms with Gasteiger partial charge < -0.3 is 14.8 Å². The molecule has 2 aromatic rings. The van der Waals surface area contributed by atoms with Crippen LogP contribution >= 0.6 is 0 Å². The molecule has 0 amide bonds. The normalized spacial score (nSPS) is 10.0. The molecule has 0 spiro atoms. The molecule has 2 aromatic carbocycles. The maximum absolute atomic E-state index is 11.6. The summed E-state index contributed by atoms with van der Waals surface area (Å²) in [6.07, 6.45) is 0. The largest absolute Gasteiger partial charge is 0.497 e. The molecule has 0 unspecified atom stereocenters. The fourth-order valence-corrected chi connectivity index (χ4v) is 1.78. The molecule has 19 heavy (non-hydrogen) atoms. The summed E-state index contributed by atoms with van der Waals surface area (Å²) in [7, 11) is 3.21. The minimum Gasteiger partial charge on any atom is -0.497 e. The third kappa shape index (κ3) is 3.10. The zero-order valence-electron chi connectivity index (χ0n) is 11.0. The van der Waals surface area contributed by atoms with E-state index in [9.17, 15) is 5.11 Å². The van der Waals surface area contributed by atoms with E-state index in [1.165, 1.54) is 0 Å². The Bertz CT molecular complexity index is 555. The molecule has 1 radical (unpaired) electrons. The van der Waals surface area contributed by atoms with Crippen LogP contribution in [0, 0.1) is 0 Å². The maximum Gasteiger partial charge on any atom is 0.183 e. The standard InChI is InChI=1S/C15H16NO3/c1-18-12-7-8-13(15(9-12)19-2)16-10-11-5-3-4-6-14(11)17/h3-9,16H,10H2,1-2H3. The van der Waals surface area contributed by atoms with Gasteiger partial charge in [-0.1, -0.05) is 18.2 Å². The van der Waals surface area contributed by atoms with Crippen molar-refractivity contribution >= 4 is 5.69 Å². The van der Waals surface area contributed by atoms with Crippen LogP contribution in [0.15, 0.2) is 42.5 Å². The summed E-state index contributed by atoms with van der Waals surface area (Å²) in [5, 5.41) is 14.8. The summed E-state index contributed by atoms with van der Waals surface area (Å²) in [5.41, 5.74) is 1.55. The Morgan fingerprint density at radius 2 is 1.84 bits per heavy atom. The van der Waals surface area contributed by atoms with Gasteiger partial charge in [-0.2, -0.15) is 0 Å². The van der Waals surface area contributed by atoms with E-state index in [4.69, 9.17) is 9.47 Å². The topological polar surface area (TPSA) is 50.4 Å². The first-order valence-electron chi connectivity index (χ1n) is 5.95. The molecule has 1 N–H and O–H groups in total. The quantitative estimate of drug-likeness (QED) is 0.893. The molecule has 0 aliphatic rings. The van der Waals surface area contributed by atoms with Gasteiger partial charge in [-0.15, -0.1) is 0 Å². The number of nitrogens with one attached hydrogen (secondary N) is 1. The predicted molar refractivity (Wildman–Crippen MR) is 73.4 cm³/mol. The van der Waals surface area contributed by atoms with Gasteiger partial charge in [0, 0.05) is 18.2 Å². The molecule has 4 nitrogen and oxygen atoms in total. The van der Waals surface area contributed by atoms with Gasteiger partial charge in [0.25, 0.3) is 0 Å². The molecule has 0 heterocycles. The van der Waals surface area contributed by atoms with Crippen LogP contribution in [0.4, 0.5) is 5.69 Å². The lowest BCUT2D eigenvalue weighted by Crippen LogP contribution is -2.01. The first-order chi connectivity index (χ1) is 9.24. The molecule has 99 valence electrons. The van der Waals surface area contributed by atoms with Crippen molar-refractivity contribution in [1.82, 2.24) is 0 Å². The number of rotatable bonds is 5. The Morgan fingerprint density at radius 3 is 2.53 bits per heavy atom.